The smallest absolute Gasteiger partial charge is 0.414 e. The lowest BCUT2D eigenvalue weighted by molar-refractivity contribution is -0.137. The van der Waals surface area contributed by atoms with Gasteiger partial charge >= 0.3 is 18.2 Å². The van der Waals surface area contributed by atoms with Crippen LogP contribution in [0, 0.1) is 13.8 Å². The van der Waals surface area contributed by atoms with Crippen LogP contribution in [0.3, 0.4) is 0 Å². The summed E-state index contributed by atoms with van der Waals surface area (Å²) in [7, 11) is 0. The standard InChI is InChI=1S/C45H53N5O9/c1-31-26-36(51)27-32(2)37(31)28-39(42(55)47-38(23-13-6-14-24-40(52)53)41(54)46-25-15-22-33-16-7-3-8-17-33)48-43(49-44(56)58-29-34-18-9-4-10-19-34)50-45(57)59-30-35-20-11-5-12-21-35/h3-5,7-12,16-21,26-27,38-39,51H,6,13-15,22-25,28-30H2,1-2H3,(H,46,54)(H,47,55)(H,52,53)(H2,48,49,50,56,57)/t38-,39+/m1/s1. The number of phenolic OH excluding ortho intramolecular Hbond substituents is 1. The number of hydrogen-bond donors (Lipinski definition) is 6. The van der Waals surface area contributed by atoms with E-state index in [-0.39, 0.29) is 38.2 Å². The minimum absolute atomic E-state index is 0.0187. The van der Waals surface area contributed by atoms with E-state index in [9.17, 15) is 29.1 Å². The van der Waals surface area contributed by atoms with E-state index in [0.29, 0.717) is 60.0 Å². The first-order chi connectivity index (χ1) is 28.5. The van der Waals surface area contributed by atoms with Crippen molar-refractivity contribution in [2.45, 2.75) is 90.5 Å². The Labute approximate surface area is 344 Å². The molecule has 0 aliphatic heterocycles. The van der Waals surface area contributed by atoms with Crippen molar-refractivity contribution in [3.8, 4) is 5.75 Å². The maximum atomic E-state index is 14.4. The molecule has 6 N–H and O–H groups in total. The van der Waals surface area contributed by atoms with Gasteiger partial charge in [0.05, 0.1) is 0 Å². The number of aryl methyl sites for hydroxylation is 3. The van der Waals surface area contributed by atoms with Gasteiger partial charge in [-0.3, -0.25) is 25.0 Å². The highest BCUT2D eigenvalue weighted by molar-refractivity contribution is 6.02. The van der Waals surface area contributed by atoms with E-state index >= 15 is 0 Å². The Morgan fingerprint density at radius 3 is 1.73 bits per heavy atom. The summed E-state index contributed by atoms with van der Waals surface area (Å²) in [5.74, 6) is -2.44. The molecule has 2 atom stereocenters. The summed E-state index contributed by atoms with van der Waals surface area (Å²) in [5, 5.41) is 30.0. The number of aliphatic carboxylic acids is 1. The summed E-state index contributed by atoms with van der Waals surface area (Å²) in [6.45, 7) is 3.69. The highest BCUT2D eigenvalue weighted by Gasteiger charge is 2.28. The minimum atomic E-state index is -1.34. The predicted octanol–water partition coefficient (Wildman–Crippen LogP) is 6.40. The van der Waals surface area contributed by atoms with Crippen LogP contribution in [0.1, 0.15) is 71.9 Å². The van der Waals surface area contributed by atoms with Crippen LogP contribution in [0.5, 0.6) is 5.75 Å². The first-order valence-electron chi connectivity index (χ1n) is 19.6. The maximum absolute atomic E-state index is 14.4. The molecule has 0 bridgehead atoms. The summed E-state index contributed by atoms with van der Waals surface area (Å²) in [4.78, 5) is 69.9. The van der Waals surface area contributed by atoms with E-state index in [1.165, 1.54) is 0 Å². The van der Waals surface area contributed by atoms with Crippen LogP contribution in [0.15, 0.2) is 108 Å². The van der Waals surface area contributed by atoms with Gasteiger partial charge in [-0.05, 0) is 85.0 Å². The average Bonchev–Trinajstić information content (AvgIpc) is 3.22. The van der Waals surface area contributed by atoms with E-state index in [1.807, 2.05) is 42.5 Å². The third kappa shape index (κ3) is 16.7. The zero-order chi connectivity index (χ0) is 42.4. The molecule has 0 unspecified atom stereocenters. The molecule has 0 aliphatic carbocycles. The fourth-order valence-electron chi connectivity index (χ4n) is 6.26. The van der Waals surface area contributed by atoms with Gasteiger partial charge in [-0.25, -0.2) is 14.6 Å². The summed E-state index contributed by atoms with van der Waals surface area (Å²) in [6, 6.07) is 28.5. The summed E-state index contributed by atoms with van der Waals surface area (Å²) < 4.78 is 10.8. The number of ether oxygens (including phenoxy) is 2. The Balaban J connectivity index is 1.60. The number of hydrogen-bond acceptors (Lipinski definition) is 9. The minimum Gasteiger partial charge on any atom is -0.508 e. The van der Waals surface area contributed by atoms with Crippen LogP contribution in [-0.2, 0) is 49.9 Å². The Kier molecular flexibility index (Phi) is 18.4. The number of unbranched alkanes of at least 4 members (excludes halogenated alkanes) is 2. The van der Waals surface area contributed by atoms with Crippen LogP contribution in [-0.4, -0.2) is 64.8 Å². The van der Waals surface area contributed by atoms with Crippen molar-refractivity contribution in [2.24, 2.45) is 4.99 Å². The molecule has 0 aliphatic rings. The second kappa shape index (κ2) is 24.2. The molecular weight excluding hydrogens is 755 g/mol. The lowest BCUT2D eigenvalue weighted by Gasteiger charge is -2.23. The van der Waals surface area contributed by atoms with Crippen LogP contribution < -0.4 is 21.3 Å². The molecule has 0 saturated heterocycles. The van der Waals surface area contributed by atoms with Gasteiger partial charge in [-0.1, -0.05) is 104 Å². The number of carboxylic acid groups (broad SMARTS) is 1. The van der Waals surface area contributed by atoms with Crippen LogP contribution >= 0.6 is 0 Å². The molecule has 4 aromatic carbocycles. The molecule has 4 aromatic rings. The number of phenols is 1. The first kappa shape index (κ1) is 45.0. The molecule has 0 radical (unpaired) electrons. The topological polar surface area (TPSA) is 205 Å². The van der Waals surface area contributed by atoms with Gasteiger partial charge in [-0.2, -0.15) is 0 Å². The highest BCUT2D eigenvalue weighted by Crippen LogP contribution is 2.23. The lowest BCUT2D eigenvalue weighted by Crippen LogP contribution is -2.51. The average molecular weight is 808 g/mol. The van der Waals surface area contributed by atoms with Gasteiger partial charge in [0.25, 0.3) is 0 Å². The second-order valence-electron chi connectivity index (χ2n) is 14.1. The third-order valence-corrected chi connectivity index (χ3v) is 9.33. The Morgan fingerprint density at radius 2 is 1.20 bits per heavy atom. The van der Waals surface area contributed by atoms with E-state index in [2.05, 4.69) is 26.3 Å². The van der Waals surface area contributed by atoms with E-state index in [0.717, 1.165) is 12.0 Å². The van der Waals surface area contributed by atoms with Gasteiger partial charge in [-0.15, -0.1) is 0 Å². The van der Waals surface area contributed by atoms with E-state index < -0.39 is 48.0 Å². The van der Waals surface area contributed by atoms with Crippen molar-refractivity contribution in [2.75, 3.05) is 6.54 Å². The molecule has 0 spiro atoms. The second-order valence-corrected chi connectivity index (χ2v) is 14.1. The molecule has 14 nitrogen and oxygen atoms in total. The van der Waals surface area contributed by atoms with E-state index in [1.54, 1.807) is 74.5 Å². The zero-order valence-corrected chi connectivity index (χ0v) is 33.4. The molecule has 0 aromatic heterocycles. The molecule has 14 heteroatoms. The fraction of sp³-hybridized carbons (Fsp3) is 0.333. The number of aromatic hydroxyl groups is 1. The molecule has 0 fully saturated rings. The molecule has 4 amide bonds. The number of carbonyl (C=O) groups excluding carboxylic acids is 4. The number of aliphatic imine (C=N–C) groups is 1. The number of nitrogens with one attached hydrogen (secondary N) is 4. The molecular formula is C45H53N5O9. The monoisotopic (exact) mass is 807 g/mol. The van der Waals surface area contributed by atoms with Crippen LogP contribution in [0.25, 0.3) is 0 Å². The highest BCUT2D eigenvalue weighted by atomic mass is 16.6. The van der Waals surface area contributed by atoms with Crippen molar-refractivity contribution < 1.29 is 43.7 Å². The number of carboxylic acids is 1. The number of benzene rings is 4. The third-order valence-electron chi connectivity index (χ3n) is 9.33. The Morgan fingerprint density at radius 1 is 0.678 bits per heavy atom. The number of amides is 4. The quantitative estimate of drug-likeness (QED) is 0.0332. The number of alkyl carbamates (subject to hydrolysis) is 2. The molecule has 312 valence electrons. The molecule has 0 saturated carbocycles. The van der Waals surface area contributed by atoms with Crippen molar-refractivity contribution in [3.63, 3.8) is 0 Å². The number of rotatable bonds is 20. The van der Waals surface area contributed by atoms with Crippen LogP contribution in [0.4, 0.5) is 9.59 Å². The number of guanidine groups is 1. The molecule has 59 heavy (non-hydrogen) atoms. The predicted molar refractivity (Wildman–Crippen MR) is 222 cm³/mol. The molecule has 4 rings (SSSR count). The van der Waals surface area contributed by atoms with Crippen molar-refractivity contribution in [1.29, 1.82) is 0 Å². The van der Waals surface area contributed by atoms with Gasteiger partial charge in [0, 0.05) is 19.4 Å². The fourth-order valence-corrected chi connectivity index (χ4v) is 6.26. The summed E-state index contributed by atoms with van der Waals surface area (Å²) in [5.41, 5.74) is 4.53. The zero-order valence-electron chi connectivity index (χ0n) is 33.4. The van der Waals surface area contributed by atoms with Crippen molar-refractivity contribution >= 4 is 35.9 Å². The number of nitrogens with zero attached hydrogens (tertiary/aromatic N) is 1. The van der Waals surface area contributed by atoms with Gasteiger partial charge < -0.3 is 30.3 Å². The summed E-state index contributed by atoms with van der Waals surface area (Å²) >= 11 is 0. The summed E-state index contributed by atoms with van der Waals surface area (Å²) in [6.07, 6.45) is 0.960. The van der Waals surface area contributed by atoms with Crippen molar-refractivity contribution in [1.82, 2.24) is 21.3 Å². The van der Waals surface area contributed by atoms with E-state index in [4.69, 9.17) is 14.6 Å². The SMILES string of the molecule is Cc1cc(O)cc(C)c1C[C@H](N=C(NC(=O)OCc1ccccc1)NC(=O)OCc1ccccc1)C(=O)N[C@H](CCCCCC(=O)O)C(=O)NCCCc1ccccc1. The van der Waals surface area contributed by atoms with Crippen LogP contribution in [0.2, 0.25) is 0 Å². The molecule has 0 heterocycles. The Bertz CT molecular complexity index is 1930. The normalized spacial score (nSPS) is 11.6. The Hall–Kier alpha value is -6.70. The van der Waals surface area contributed by atoms with Gasteiger partial charge in [0.2, 0.25) is 17.8 Å². The van der Waals surface area contributed by atoms with Crippen molar-refractivity contribution in [3.05, 3.63) is 137 Å². The largest absolute Gasteiger partial charge is 0.508 e. The number of carbonyl (C=O) groups is 5. The van der Waals surface area contributed by atoms with Gasteiger partial charge in [0.1, 0.15) is 31.0 Å². The first-order valence-corrected chi connectivity index (χ1v) is 19.6. The maximum Gasteiger partial charge on any atom is 0.414 e. The lowest BCUT2D eigenvalue weighted by atomic mass is 9.95. The van der Waals surface area contributed by atoms with Gasteiger partial charge in [0.15, 0.2) is 0 Å².